The fraction of sp³-hybridized carbons (Fsp3) is 0.394. The predicted octanol–water partition coefficient (Wildman–Crippen LogP) is 7.93. The molecule has 4 N–H and O–H groups in total. The zero-order chi connectivity index (χ0) is 31.2. The van der Waals surface area contributed by atoms with Gasteiger partial charge in [0.15, 0.2) is 0 Å². The molecular weight excluding hydrogens is 506 g/mol. The van der Waals surface area contributed by atoms with Crippen LogP contribution in [0.1, 0.15) is 52.5 Å². The molecule has 3 aromatic rings. The van der Waals surface area contributed by atoms with Gasteiger partial charge in [-0.25, -0.2) is 8.78 Å². The Morgan fingerprint density at radius 1 is 0.900 bits per heavy atom. The summed E-state index contributed by atoms with van der Waals surface area (Å²) in [7, 11) is 3.75. The first-order chi connectivity index (χ1) is 19.5. The molecule has 7 heteroatoms. The number of nitrogens with two attached hydrogens (primary N) is 1. The summed E-state index contributed by atoms with van der Waals surface area (Å²) >= 11 is 0. The van der Waals surface area contributed by atoms with Crippen LogP contribution in [-0.2, 0) is 11.2 Å². The summed E-state index contributed by atoms with van der Waals surface area (Å²) < 4.78 is 26.9. The van der Waals surface area contributed by atoms with Crippen molar-refractivity contribution in [3.63, 3.8) is 0 Å². The monoisotopic (exact) mass is 558 g/mol. The number of aromatic nitrogens is 1. The van der Waals surface area contributed by atoms with Gasteiger partial charge in [0.1, 0.15) is 18.4 Å². The predicted molar refractivity (Wildman–Crippen MR) is 171 cm³/mol. The molecule has 1 unspecified atom stereocenters. The molecule has 1 atom stereocenters. The van der Waals surface area contributed by atoms with Gasteiger partial charge in [-0.2, -0.15) is 0 Å². The second kappa shape index (κ2) is 30.1. The lowest BCUT2D eigenvalue weighted by Gasteiger charge is -2.17. The highest BCUT2D eigenvalue weighted by molar-refractivity contribution is 5.63. The van der Waals surface area contributed by atoms with Crippen LogP contribution in [0.4, 0.5) is 14.5 Å². The Kier molecular flexibility index (Phi) is 30.9. The van der Waals surface area contributed by atoms with Crippen LogP contribution >= 0.6 is 0 Å². The maximum absolute atomic E-state index is 13.4. The maximum Gasteiger partial charge on any atom is 0.126 e. The zero-order valence-corrected chi connectivity index (χ0v) is 25.5. The summed E-state index contributed by atoms with van der Waals surface area (Å²) in [5.41, 5.74) is 9.35. The lowest BCUT2D eigenvalue weighted by Crippen LogP contribution is -2.15. The molecule has 0 fully saturated rings. The highest BCUT2D eigenvalue weighted by Crippen LogP contribution is 2.24. The van der Waals surface area contributed by atoms with E-state index in [-0.39, 0.29) is 0 Å². The number of anilines is 1. The molecule has 0 saturated heterocycles. The van der Waals surface area contributed by atoms with Gasteiger partial charge in [-0.05, 0) is 86.8 Å². The molecule has 3 rings (SSSR count). The highest BCUT2D eigenvalue weighted by atomic mass is 19.1. The number of benzene rings is 2. The van der Waals surface area contributed by atoms with E-state index < -0.39 is 11.6 Å². The van der Waals surface area contributed by atoms with Crippen LogP contribution in [0.3, 0.4) is 0 Å². The highest BCUT2D eigenvalue weighted by Gasteiger charge is 2.10. The molecule has 40 heavy (non-hydrogen) atoms. The van der Waals surface area contributed by atoms with Gasteiger partial charge in [0.25, 0.3) is 0 Å². The summed E-state index contributed by atoms with van der Waals surface area (Å²) in [6.45, 7) is 17.8. The second-order valence-electron chi connectivity index (χ2n) is 8.17. The SMILES string of the molecule is C=C.C=O.CC.CCC.CNC.NCCC(CCNc1cccnc1)Cc1ccc(-c2cc(F)cc(F)c2)cc1. The zero-order valence-electron chi connectivity index (χ0n) is 25.5. The van der Waals surface area contributed by atoms with E-state index in [0.29, 0.717) is 18.0 Å². The van der Waals surface area contributed by atoms with Crippen LogP contribution in [0.15, 0.2) is 80.1 Å². The number of hydrogen-bond donors (Lipinski definition) is 3. The number of nitrogens with zero attached hydrogens (tertiary/aromatic N) is 1. The minimum absolute atomic E-state index is 0.464. The van der Waals surface area contributed by atoms with Gasteiger partial charge in [0.2, 0.25) is 0 Å². The van der Waals surface area contributed by atoms with Crippen molar-refractivity contribution in [2.45, 2.75) is 53.4 Å². The number of halogens is 2. The standard InChI is InChI=1S/C23H25F2N3.C3H8.C2H7N.C2H6.C2H4.CH2O/c24-21-13-20(14-22(25)15-21)19-5-3-17(4-6-19)12-18(7-9-26)8-11-28-23-2-1-10-27-16-23;2*1-3-2;3*1-2/h1-6,10,13-16,18,28H,7-9,11-12,26H2;3H2,1-2H3;3H,1-2H3;1-2H3;1-2H2;1H2. The molecule has 0 bridgehead atoms. The molecule has 5 nitrogen and oxygen atoms in total. The molecule has 1 aromatic heterocycles. The molecular formula is C33H52F2N4O. The third-order valence-electron chi connectivity index (χ3n) is 4.79. The van der Waals surface area contributed by atoms with Crippen molar-refractivity contribution in [2.75, 3.05) is 32.5 Å². The van der Waals surface area contributed by atoms with E-state index in [1.165, 1.54) is 24.1 Å². The number of hydrogen-bond acceptors (Lipinski definition) is 5. The number of rotatable bonds is 9. The van der Waals surface area contributed by atoms with E-state index in [4.69, 9.17) is 10.5 Å². The fourth-order valence-electron chi connectivity index (χ4n) is 3.36. The molecule has 0 aliphatic rings. The van der Waals surface area contributed by atoms with Crippen LogP contribution in [0.2, 0.25) is 0 Å². The summed E-state index contributed by atoms with van der Waals surface area (Å²) in [5, 5.41) is 6.14. The summed E-state index contributed by atoms with van der Waals surface area (Å²) in [4.78, 5) is 12.1. The summed E-state index contributed by atoms with van der Waals surface area (Å²) in [6, 6.07) is 15.4. The van der Waals surface area contributed by atoms with Crippen molar-refractivity contribution in [2.24, 2.45) is 11.7 Å². The van der Waals surface area contributed by atoms with Crippen LogP contribution in [-0.4, -0.2) is 39.0 Å². The molecule has 0 spiro atoms. The summed E-state index contributed by atoms with van der Waals surface area (Å²) in [5.74, 6) is -0.668. The van der Waals surface area contributed by atoms with Crippen molar-refractivity contribution < 1.29 is 13.6 Å². The Balaban J connectivity index is -0.000000994. The van der Waals surface area contributed by atoms with Gasteiger partial charge in [-0.1, -0.05) is 58.4 Å². The van der Waals surface area contributed by atoms with E-state index in [9.17, 15) is 8.78 Å². The van der Waals surface area contributed by atoms with Crippen LogP contribution < -0.4 is 16.4 Å². The van der Waals surface area contributed by atoms with E-state index in [1.807, 2.05) is 77.3 Å². The number of carbonyl (C=O) groups is 1. The van der Waals surface area contributed by atoms with Gasteiger partial charge in [0.05, 0.1) is 5.69 Å². The van der Waals surface area contributed by atoms with Crippen LogP contribution in [0, 0.1) is 17.6 Å². The Labute approximate surface area is 242 Å². The van der Waals surface area contributed by atoms with Gasteiger partial charge < -0.3 is 21.2 Å². The van der Waals surface area contributed by atoms with Gasteiger partial charge in [-0.3, -0.25) is 4.98 Å². The molecule has 2 aromatic carbocycles. The Morgan fingerprint density at radius 3 is 1.88 bits per heavy atom. The normalized spacial score (nSPS) is 9.62. The van der Waals surface area contributed by atoms with Gasteiger partial charge >= 0.3 is 0 Å². The lowest BCUT2D eigenvalue weighted by atomic mass is 9.92. The van der Waals surface area contributed by atoms with Crippen LogP contribution in [0.5, 0.6) is 0 Å². The molecule has 0 saturated carbocycles. The quantitative estimate of drug-likeness (QED) is 0.232. The summed E-state index contributed by atoms with van der Waals surface area (Å²) in [6.07, 6.45) is 7.69. The van der Waals surface area contributed by atoms with E-state index >= 15 is 0 Å². The first-order valence-electron chi connectivity index (χ1n) is 13.7. The molecule has 0 amide bonds. The third kappa shape index (κ3) is 20.5. The van der Waals surface area contributed by atoms with Crippen LogP contribution in [0.25, 0.3) is 11.1 Å². The minimum Gasteiger partial charge on any atom is -0.384 e. The first-order valence-corrected chi connectivity index (χ1v) is 13.7. The van der Waals surface area contributed by atoms with Crippen molar-refractivity contribution in [3.8, 4) is 11.1 Å². The average molecular weight is 559 g/mol. The van der Waals surface area contributed by atoms with Gasteiger partial charge in [0, 0.05) is 25.0 Å². The average Bonchev–Trinajstić information content (AvgIpc) is 2.98. The van der Waals surface area contributed by atoms with E-state index in [1.54, 1.807) is 6.20 Å². The second-order valence-corrected chi connectivity index (χ2v) is 8.17. The molecule has 0 aliphatic heterocycles. The smallest absolute Gasteiger partial charge is 0.126 e. The minimum atomic E-state index is -0.566. The molecule has 224 valence electrons. The fourth-order valence-corrected chi connectivity index (χ4v) is 3.36. The topological polar surface area (TPSA) is 80.0 Å². The van der Waals surface area contributed by atoms with Crippen molar-refractivity contribution >= 4 is 12.5 Å². The Morgan fingerprint density at radius 2 is 1.43 bits per heavy atom. The number of carbonyl (C=O) groups excluding carboxylic acids is 1. The van der Waals surface area contributed by atoms with Crippen molar-refractivity contribution in [1.82, 2.24) is 10.3 Å². The van der Waals surface area contributed by atoms with E-state index in [0.717, 1.165) is 43.1 Å². The molecule has 0 aliphatic carbocycles. The van der Waals surface area contributed by atoms with Crippen molar-refractivity contribution in [3.05, 3.63) is 97.3 Å². The van der Waals surface area contributed by atoms with Gasteiger partial charge in [-0.15, -0.1) is 13.2 Å². The number of pyridine rings is 1. The first kappa shape index (κ1) is 41.1. The molecule has 1 heterocycles. The third-order valence-corrected chi connectivity index (χ3v) is 4.79. The Hall–Kier alpha value is -3.42. The van der Waals surface area contributed by atoms with Crippen molar-refractivity contribution in [1.29, 1.82) is 0 Å². The van der Waals surface area contributed by atoms with E-state index in [2.05, 4.69) is 42.6 Å². The Bertz CT molecular complexity index is 917. The lowest BCUT2D eigenvalue weighted by molar-refractivity contribution is -0.0980. The maximum atomic E-state index is 13.4. The number of nitrogens with one attached hydrogen (secondary N) is 2. The molecule has 0 radical (unpaired) electrons. The largest absolute Gasteiger partial charge is 0.384 e.